The van der Waals surface area contributed by atoms with Crippen molar-refractivity contribution >= 4 is 0 Å². The Bertz CT molecular complexity index is 295. The van der Waals surface area contributed by atoms with Gasteiger partial charge in [-0.15, -0.1) is 0 Å². The van der Waals surface area contributed by atoms with E-state index in [1.807, 2.05) is 0 Å². The minimum Gasteiger partial charge on any atom is -0.0696 e. The van der Waals surface area contributed by atoms with Gasteiger partial charge in [-0.1, -0.05) is 82.6 Å². The summed E-state index contributed by atoms with van der Waals surface area (Å²) in [6, 6.07) is 0. The van der Waals surface area contributed by atoms with Crippen molar-refractivity contribution in [3.05, 3.63) is 23.3 Å². The van der Waals surface area contributed by atoms with Gasteiger partial charge in [-0.05, 0) is 44.4 Å². The van der Waals surface area contributed by atoms with E-state index in [2.05, 4.69) is 32.9 Å². The van der Waals surface area contributed by atoms with E-state index in [9.17, 15) is 0 Å². The number of hydrogen-bond donors (Lipinski definition) is 0. The van der Waals surface area contributed by atoms with Gasteiger partial charge in [0.15, 0.2) is 0 Å². The van der Waals surface area contributed by atoms with Crippen LogP contribution in [-0.4, -0.2) is 0 Å². The lowest BCUT2D eigenvalue weighted by Crippen LogP contribution is -2.10. The van der Waals surface area contributed by atoms with E-state index < -0.39 is 0 Å². The number of unbranched alkanes of at least 4 members (excludes halogenated alkanes) is 5. The molecule has 0 nitrogen and oxygen atoms in total. The van der Waals surface area contributed by atoms with Crippen molar-refractivity contribution in [3.8, 4) is 0 Å². The van der Waals surface area contributed by atoms with Gasteiger partial charge in [-0.3, -0.25) is 0 Å². The molecule has 116 valence electrons. The monoisotopic (exact) mass is 276 g/mol. The molecule has 0 saturated carbocycles. The number of hydrogen-bond acceptors (Lipinski definition) is 0. The van der Waals surface area contributed by atoms with E-state index in [1.165, 1.54) is 77.0 Å². The molecule has 1 atom stereocenters. The highest BCUT2D eigenvalue weighted by atomic mass is 14.2. The van der Waals surface area contributed by atoms with E-state index in [-0.39, 0.29) is 0 Å². The zero-order valence-corrected chi connectivity index (χ0v) is 14.2. The fourth-order valence-electron chi connectivity index (χ4n) is 3.27. The van der Waals surface area contributed by atoms with Crippen LogP contribution in [0.1, 0.15) is 97.8 Å². The van der Waals surface area contributed by atoms with E-state index in [4.69, 9.17) is 0 Å². The maximum atomic E-state index is 2.49. The predicted molar refractivity (Wildman–Crippen MR) is 92.1 cm³/mol. The lowest BCUT2D eigenvalue weighted by Gasteiger charge is -2.25. The van der Waals surface area contributed by atoms with Crippen LogP contribution in [0.5, 0.6) is 0 Å². The SMILES string of the molecule is CCCCCC1=CC=C(CCCCC)C(CCCC)C1. The Morgan fingerprint density at radius 2 is 1.45 bits per heavy atom. The topological polar surface area (TPSA) is 0 Å². The van der Waals surface area contributed by atoms with Crippen LogP contribution < -0.4 is 0 Å². The Kier molecular flexibility index (Phi) is 9.79. The quantitative estimate of drug-likeness (QED) is 0.350. The van der Waals surface area contributed by atoms with Crippen molar-refractivity contribution in [2.24, 2.45) is 5.92 Å². The van der Waals surface area contributed by atoms with Crippen molar-refractivity contribution in [2.75, 3.05) is 0 Å². The third-order valence-electron chi connectivity index (χ3n) is 4.64. The van der Waals surface area contributed by atoms with E-state index in [0.717, 1.165) is 5.92 Å². The van der Waals surface area contributed by atoms with Gasteiger partial charge in [0.1, 0.15) is 0 Å². The Labute approximate surface area is 127 Å². The van der Waals surface area contributed by atoms with E-state index in [1.54, 1.807) is 11.1 Å². The minimum absolute atomic E-state index is 0.869. The van der Waals surface area contributed by atoms with Gasteiger partial charge in [-0.25, -0.2) is 0 Å². The fraction of sp³-hybridized carbons (Fsp3) is 0.800. The van der Waals surface area contributed by atoms with Crippen LogP contribution in [0.2, 0.25) is 0 Å². The average molecular weight is 277 g/mol. The van der Waals surface area contributed by atoms with Crippen molar-refractivity contribution < 1.29 is 0 Å². The average Bonchev–Trinajstić information content (AvgIpc) is 2.47. The fourth-order valence-corrected chi connectivity index (χ4v) is 3.27. The molecule has 1 aliphatic carbocycles. The minimum atomic E-state index is 0.869. The molecule has 0 amide bonds. The molecule has 0 radical (unpaired) electrons. The molecule has 0 aromatic rings. The molecule has 0 aromatic carbocycles. The van der Waals surface area contributed by atoms with Crippen molar-refractivity contribution in [2.45, 2.75) is 97.8 Å². The van der Waals surface area contributed by atoms with Gasteiger partial charge >= 0.3 is 0 Å². The molecular formula is C20H36. The Morgan fingerprint density at radius 1 is 0.800 bits per heavy atom. The highest BCUT2D eigenvalue weighted by Gasteiger charge is 2.18. The van der Waals surface area contributed by atoms with Crippen LogP contribution in [-0.2, 0) is 0 Å². The smallest absolute Gasteiger partial charge is 0.0163 e. The van der Waals surface area contributed by atoms with Crippen LogP contribution in [0.3, 0.4) is 0 Å². The van der Waals surface area contributed by atoms with Gasteiger partial charge in [0.25, 0.3) is 0 Å². The molecule has 0 saturated heterocycles. The maximum Gasteiger partial charge on any atom is -0.0163 e. The first-order chi connectivity index (χ1) is 9.81. The molecule has 20 heavy (non-hydrogen) atoms. The van der Waals surface area contributed by atoms with Crippen LogP contribution in [0.15, 0.2) is 23.3 Å². The first kappa shape index (κ1) is 17.5. The molecule has 0 spiro atoms. The standard InChI is InChI=1S/C20H36/c1-4-7-10-12-18-15-16-19(14-11-8-5-2)20(17-18)13-9-6-3/h15-16,20H,4-14,17H2,1-3H3. The summed E-state index contributed by atoms with van der Waals surface area (Å²) in [6.45, 7) is 6.92. The predicted octanol–water partition coefficient (Wildman–Crippen LogP) is 7.21. The summed E-state index contributed by atoms with van der Waals surface area (Å²) in [4.78, 5) is 0. The first-order valence-corrected chi connectivity index (χ1v) is 9.20. The van der Waals surface area contributed by atoms with Crippen molar-refractivity contribution in [1.82, 2.24) is 0 Å². The zero-order valence-electron chi connectivity index (χ0n) is 14.2. The van der Waals surface area contributed by atoms with Gasteiger partial charge < -0.3 is 0 Å². The summed E-state index contributed by atoms with van der Waals surface area (Å²) in [6.07, 6.45) is 21.4. The second-order valence-electron chi connectivity index (χ2n) is 6.52. The molecular weight excluding hydrogens is 240 g/mol. The summed E-state index contributed by atoms with van der Waals surface area (Å²) in [7, 11) is 0. The molecule has 0 N–H and O–H groups in total. The Balaban J connectivity index is 2.51. The molecule has 0 aliphatic heterocycles. The third-order valence-corrected chi connectivity index (χ3v) is 4.64. The van der Waals surface area contributed by atoms with Crippen LogP contribution in [0.4, 0.5) is 0 Å². The molecule has 0 heterocycles. The maximum absolute atomic E-state index is 2.49. The van der Waals surface area contributed by atoms with Gasteiger partial charge in [0.05, 0.1) is 0 Å². The van der Waals surface area contributed by atoms with E-state index >= 15 is 0 Å². The molecule has 0 aromatic heterocycles. The Hall–Kier alpha value is -0.520. The highest BCUT2D eigenvalue weighted by Crippen LogP contribution is 2.34. The van der Waals surface area contributed by atoms with Crippen LogP contribution in [0, 0.1) is 5.92 Å². The lowest BCUT2D eigenvalue weighted by molar-refractivity contribution is 0.487. The van der Waals surface area contributed by atoms with E-state index in [0.29, 0.717) is 0 Å². The first-order valence-electron chi connectivity index (χ1n) is 9.20. The summed E-state index contributed by atoms with van der Waals surface area (Å²) < 4.78 is 0. The zero-order chi connectivity index (χ0) is 14.6. The molecule has 0 heteroatoms. The normalized spacial score (nSPS) is 18.9. The molecule has 1 rings (SSSR count). The number of allylic oxidation sites excluding steroid dienone is 4. The van der Waals surface area contributed by atoms with Crippen molar-refractivity contribution in [3.63, 3.8) is 0 Å². The number of rotatable bonds is 11. The van der Waals surface area contributed by atoms with Gasteiger partial charge in [0, 0.05) is 0 Å². The summed E-state index contributed by atoms with van der Waals surface area (Å²) in [5.74, 6) is 0.869. The van der Waals surface area contributed by atoms with Gasteiger partial charge in [0.2, 0.25) is 0 Å². The largest absolute Gasteiger partial charge is 0.0696 e. The summed E-state index contributed by atoms with van der Waals surface area (Å²) >= 11 is 0. The molecule has 1 aliphatic rings. The Morgan fingerprint density at radius 3 is 2.10 bits per heavy atom. The second kappa shape index (κ2) is 11.2. The lowest BCUT2D eigenvalue weighted by atomic mass is 9.80. The summed E-state index contributed by atoms with van der Waals surface area (Å²) in [5, 5.41) is 0. The third kappa shape index (κ3) is 6.77. The van der Waals surface area contributed by atoms with Crippen molar-refractivity contribution in [1.29, 1.82) is 0 Å². The highest BCUT2D eigenvalue weighted by molar-refractivity contribution is 5.26. The molecule has 0 fully saturated rings. The van der Waals surface area contributed by atoms with Crippen LogP contribution >= 0.6 is 0 Å². The summed E-state index contributed by atoms with van der Waals surface area (Å²) in [5.41, 5.74) is 3.48. The van der Waals surface area contributed by atoms with Gasteiger partial charge in [-0.2, -0.15) is 0 Å². The molecule has 1 unspecified atom stereocenters. The molecule has 0 bridgehead atoms. The van der Waals surface area contributed by atoms with Crippen LogP contribution in [0.25, 0.3) is 0 Å². The second-order valence-corrected chi connectivity index (χ2v) is 6.52.